The third kappa shape index (κ3) is 6.63. The number of hydrogen-bond acceptors (Lipinski definition) is 6. The van der Waals surface area contributed by atoms with Gasteiger partial charge in [-0.25, -0.2) is 15.4 Å². The van der Waals surface area contributed by atoms with E-state index in [-0.39, 0.29) is 23.6 Å². The monoisotopic (exact) mass is 488 g/mol. The Morgan fingerprint density at radius 2 is 1.94 bits per heavy atom. The van der Waals surface area contributed by atoms with Crippen LogP contribution in [0.15, 0.2) is 55.0 Å². The Kier molecular flexibility index (Phi) is 8.93. The van der Waals surface area contributed by atoms with Gasteiger partial charge in [-0.3, -0.25) is 19.4 Å². The van der Waals surface area contributed by atoms with Crippen LogP contribution in [0.4, 0.5) is 0 Å². The highest BCUT2D eigenvalue weighted by Gasteiger charge is 2.20. The average molecular weight is 489 g/mol. The second kappa shape index (κ2) is 12.7. The number of nitrogens with one attached hydrogen (secondary N) is 3. The molecule has 0 aliphatic heterocycles. The van der Waals surface area contributed by atoms with Gasteiger partial charge in [0.15, 0.2) is 0 Å². The van der Waals surface area contributed by atoms with E-state index in [0.717, 1.165) is 53.9 Å². The molecule has 4 rings (SSSR count). The highest BCUT2D eigenvalue weighted by atomic mass is 16.6. The molecule has 0 saturated heterocycles. The second-order valence-corrected chi connectivity index (χ2v) is 8.75. The van der Waals surface area contributed by atoms with Crippen molar-refractivity contribution in [1.29, 1.82) is 0 Å². The van der Waals surface area contributed by atoms with Crippen LogP contribution in [0.1, 0.15) is 74.2 Å². The van der Waals surface area contributed by atoms with Gasteiger partial charge in [-0.15, -0.1) is 0 Å². The number of carbonyl (C=O) groups is 2. The second-order valence-electron chi connectivity index (χ2n) is 8.75. The number of amides is 2. The number of hydrogen-bond donors (Lipinski definition) is 3. The Morgan fingerprint density at radius 3 is 2.78 bits per heavy atom. The van der Waals surface area contributed by atoms with Crippen molar-refractivity contribution < 1.29 is 14.4 Å². The number of carbonyl (C=O) groups excluding carboxylic acids is 2. The molecule has 9 heteroatoms. The molecular formula is C27H32N6O3. The highest BCUT2D eigenvalue weighted by Crippen LogP contribution is 2.27. The minimum absolute atomic E-state index is 0.109. The van der Waals surface area contributed by atoms with Crippen LogP contribution in [0.25, 0.3) is 21.8 Å². The van der Waals surface area contributed by atoms with Crippen LogP contribution in [-0.2, 0) is 9.63 Å². The number of H-pyrrole nitrogens is 1. The largest absolute Gasteiger partial charge is 0.341 e. The summed E-state index contributed by atoms with van der Waals surface area (Å²) in [7, 11) is 0. The Bertz CT molecular complexity index is 1290. The van der Waals surface area contributed by atoms with Crippen LogP contribution in [-0.4, -0.2) is 38.4 Å². The molecule has 2 aromatic carbocycles. The van der Waals surface area contributed by atoms with Crippen molar-refractivity contribution in [2.24, 2.45) is 0 Å². The SMILES string of the molecule is CCCCONC(=O)CCCCC[C@H](NC(=O)c1cnccn1)c1nc2c(ccc3ccccc32)[nH]1. The van der Waals surface area contributed by atoms with E-state index in [1.807, 2.05) is 24.3 Å². The van der Waals surface area contributed by atoms with Gasteiger partial charge in [0.05, 0.1) is 29.9 Å². The molecule has 188 valence electrons. The van der Waals surface area contributed by atoms with Crippen molar-refractivity contribution >= 4 is 33.6 Å². The molecule has 36 heavy (non-hydrogen) atoms. The Morgan fingerprint density at radius 1 is 1.06 bits per heavy atom. The van der Waals surface area contributed by atoms with E-state index in [2.05, 4.69) is 44.8 Å². The Balaban J connectivity index is 1.41. The summed E-state index contributed by atoms with van der Waals surface area (Å²) >= 11 is 0. The first-order valence-electron chi connectivity index (χ1n) is 12.5. The summed E-state index contributed by atoms with van der Waals surface area (Å²) in [5.74, 6) is 0.283. The van der Waals surface area contributed by atoms with Crippen molar-refractivity contribution in [2.75, 3.05) is 6.61 Å². The summed E-state index contributed by atoms with van der Waals surface area (Å²) in [5, 5.41) is 5.23. The van der Waals surface area contributed by atoms with Gasteiger partial charge in [-0.05, 0) is 30.7 Å². The van der Waals surface area contributed by atoms with E-state index in [0.29, 0.717) is 25.3 Å². The maximum atomic E-state index is 12.9. The van der Waals surface area contributed by atoms with Crippen molar-refractivity contribution in [1.82, 2.24) is 30.7 Å². The van der Waals surface area contributed by atoms with E-state index in [9.17, 15) is 9.59 Å². The lowest BCUT2D eigenvalue weighted by atomic mass is 10.1. The molecule has 1 atom stereocenters. The van der Waals surface area contributed by atoms with Gasteiger partial charge < -0.3 is 10.3 Å². The first kappa shape index (κ1) is 25.2. The molecule has 0 saturated carbocycles. The maximum Gasteiger partial charge on any atom is 0.272 e. The predicted octanol–water partition coefficient (Wildman–Crippen LogP) is 4.78. The smallest absolute Gasteiger partial charge is 0.272 e. The standard InChI is InChI=1S/C27H32N6O3/c1-2-3-17-36-33-24(34)12-6-4-5-11-22(31-27(35)23-18-28-15-16-29-23)26-30-21-14-13-19-9-7-8-10-20(19)25(21)32-26/h7-10,13-16,18,22H,2-6,11-12,17H2,1H3,(H,30,32)(H,31,35)(H,33,34)/t22-/m0/s1. The van der Waals surface area contributed by atoms with Gasteiger partial charge in [0.1, 0.15) is 11.5 Å². The number of rotatable bonds is 13. The summed E-state index contributed by atoms with van der Waals surface area (Å²) in [6, 6.07) is 11.8. The Labute approximate surface area is 210 Å². The third-order valence-electron chi connectivity index (χ3n) is 6.01. The summed E-state index contributed by atoms with van der Waals surface area (Å²) < 4.78 is 0. The number of unbranched alkanes of at least 4 members (excludes halogenated alkanes) is 3. The zero-order valence-corrected chi connectivity index (χ0v) is 20.5. The van der Waals surface area contributed by atoms with Crippen LogP contribution in [0.3, 0.4) is 0 Å². The fourth-order valence-electron chi connectivity index (χ4n) is 4.06. The lowest BCUT2D eigenvalue weighted by Gasteiger charge is -2.16. The van der Waals surface area contributed by atoms with Gasteiger partial charge in [0.2, 0.25) is 5.91 Å². The molecule has 0 aliphatic carbocycles. The number of aromatic amines is 1. The molecule has 2 heterocycles. The topological polar surface area (TPSA) is 122 Å². The number of imidazole rings is 1. The lowest BCUT2D eigenvalue weighted by Crippen LogP contribution is -2.30. The van der Waals surface area contributed by atoms with Gasteiger partial charge >= 0.3 is 0 Å². The van der Waals surface area contributed by atoms with Crippen molar-refractivity contribution in [2.45, 2.75) is 57.9 Å². The lowest BCUT2D eigenvalue weighted by molar-refractivity contribution is -0.133. The molecule has 0 aliphatic rings. The van der Waals surface area contributed by atoms with Gasteiger partial charge in [0.25, 0.3) is 5.91 Å². The van der Waals surface area contributed by atoms with Gasteiger partial charge in [-0.2, -0.15) is 0 Å². The fourth-order valence-corrected chi connectivity index (χ4v) is 4.06. The van der Waals surface area contributed by atoms with Crippen LogP contribution < -0.4 is 10.8 Å². The summed E-state index contributed by atoms with van der Waals surface area (Å²) in [6.45, 7) is 2.60. The number of aromatic nitrogens is 4. The molecule has 0 fully saturated rings. The number of fused-ring (bicyclic) bond motifs is 3. The molecule has 9 nitrogen and oxygen atoms in total. The molecule has 0 unspecified atom stereocenters. The van der Waals surface area contributed by atoms with Crippen LogP contribution in [0, 0.1) is 0 Å². The van der Waals surface area contributed by atoms with Crippen LogP contribution >= 0.6 is 0 Å². The highest BCUT2D eigenvalue weighted by molar-refractivity contribution is 6.04. The van der Waals surface area contributed by atoms with Crippen molar-refractivity contribution in [3.8, 4) is 0 Å². The van der Waals surface area contributed by atoms with E-state index in [1.165, 1.54) is 18.6 Å². The van der Waals surface area contributed by atoms with E-state index >= 15 is 0 Å². The fraction of sp³-hybridized carbons (Fsp3) is 0.370. The quantitative estimate of drug-likeness (QED) is 0.184. The number of nitrogens with zero attached hydrogens (tertiary/aromatic N) is 3. The molecule has 2 aromatic heterocycles. The Hall–Kier alpha value is -3.85. The average Bonchev–Trinajstić information content (AvgIpc) is 3.35. The molecular weight excluding hydrogens is 456 g/mol. The summed E-state index contributed by atoms with van der Waals surface area (Å²) in [6.07, 6.45) is 9.86. The minimum Gasteiger partial charge on any atom is -0.341 e. The molecule has 3 N–H and O–H groups in total. The first-order chi connectivity index (χ1) is 17.7. The van der Waals surface area contributed by atoms with E-state index in [4.69, 9.17) is 9.82 Å². The van der Waals surface area contributed by atoms with Crippen molar-refractivity contribution in [3.05, 3.63) is 66.5 Å². The van der Waals surface area contributed by atoms with E-state index < -0.39 is 0 Å². The van der Waals surface area contributed by atoms with Crippen molar-refractivity contribution in [3.63, 3.8) is 0 Å². The third-order valence-corrected chi connectivity index (χ3v) is 6.01. The van der Waals surface area contributed by atoms with Gasteiger partial charge in [-0.1, -0.05) is 56.5 Å². The summed E-state index contributed by atoms with van der Waals surface area (Å²) in [5.41, 5.74) is 4.54. The molecule has 0 bridgehead atoms. The number of hydroxylamine groups is 1. The van der Waals surface area contributed by atoms with Crippen LogP contribution in [0.5, 0.6) is 0 Å². The molecule has 4 aromatic rings. The zero-order chi connectivity index (χ0) is 25.2. The zero-order valence-electron chi connectivity index (χ0n) is 20.5. The van der Waals surface area contributed by atoms with Crippen LogP contribution in [0.2, 0.25) is 0 Å². The predicted molar refractivity (Wildman–Crippen MR) is 138 cm³/mol. The number of benzene rings is 2. The summed E-state index contributed by atoms with van der Waals surface area (Å²) in [4.78, 5) is 46.3. The molecule has 2 amide bonds. The molecule has 0 spiro atoms. The van der Waals surface area contributed by atoms with Gasteiger partial charge in [0, 0.05) is 24.2 Å². The van der Waals surface area contributed by atoms with E-state index in [1.54, 1.807) is 0 Å². The first-order valence-corrected chi connectivity index (χ1v) is 12.5. The maximum absolute atomic E-state index is 12.9. The minimum atomic E-state index is -0.336. The molecule has 0 radical (unpaired) electrons. The normalized spacial score (nSPS) is 12.0.